The molecule has 11 heteroatoms. The highest BCUT2D eigenvalue weighted by Gasteiger charge is 2.22. The van der Waals surface area contributed by atoms with E-state index >= 15 is 0 Å². The number of nitrogens with one attached hydrogen (secondary N) is 3. The third-order valence-corrected chi connectivity index (χ3v) is 9.20. The van der Waals surface area contributed by atoms with Crippen LogP contribution in [0, 0.1) is 0 Å². The number of pyridine rings is 1. The highest BCUT2D eigenvalue weighted by Crippen LogP contribution is 2.34. The number of aromatic nitrogens is 3. The molecule has 0 spiro atoms. The number of fused-ring (bicyclic) bond motifs is 1. The third-order valence-electron chi connectivity index (χ3n) is 7.34. The largest absolute Gasteiger partial charge is 0.480 e. The van der Waals surface area contributed by atoms with E-state index < -0.39 is 10.0 Å². The number of hydrogen-bond acceptors (Lipinski definition) is 8. The summed E-state index contributed by atoms with van der Waals surface area (Å²) in [5.41, 5.74) is 3.58. The molecule has 9 nitrogen and oxygen atoms in total. The van der Waals surface area contributed by atoms with E-state index in [0.29, 0.717) is 18.0 Å². The van der Waals surface area contributed by atoms with Crippen molar-refractivity contribution in [1.82, 2.24) is 20.3 Å². The van der Waals surface area contributed by atoms with Gasteiger partial charge in [-0.05, 0) is 86.7 Å². The first-order valence-electron chi connectivity index (χ1n) is 13.4. The lowest BCUT2D eigenvalue weighted by molar-refractivity contribution is 0.370. The summed E-state index contributed by atoms with van der Waals surface area (Å²) in [5, 5.41) is 7.93. The molecule has 0 amide bonds. The fourth-order valence-corrected chi connectivity index (χ4v) is 6.67. The van der Waals surface area contributed by atoms with Gasteiger partial charge >= 0.3 is 0 Å². The first kappa shape index (κ1) is 28.1. The van der Waals surface area contributed by atoms with Gasteiger partial charge in [-0.25, -0.2) is 18.4 Å². The molecule has 0 aliphatic heterocycles. The van der Waals surface area contributed by atoms with E-state index in [0.717, 1.165) is 59.7 Å². The van der Waals surface area contributed by atoms with Crippen LogP contribution in [0.2, 0.25) is 5.02 Å². The first-order valence-corrected chi connectivity index (χ1v) is 15.2. The number of rotatable bonds is 9. The van der Waals surface area contributed by atoms with E-state index in [1.165, 1.54) is 19.2 Å². The summed E-state index contributed by atoms with van der Waals surface area (Å²) in [6.45, 7) is 2.09. The van der Waals surface area contributed by atoms with Gasteiger partial charge in [0.05, 0.1) is 17.6 Å². The molecule has 2 aromatic carbocycles. The molecule has 3 N–H and O–H groups in total. The molecule has 0 radical (unpaired) electrons. The average Bonchev–Trinajstić information content (AvgIpc) is 2.97. The summed E-state index contributed by atoms with van der Waals surface area (Å²) in [6.07, 6.45) is 7.08. The van der Waals surface area contributed by atoms with Gasteiger partial charge in [0, 0.05) is 29.2 Å². The van der Waals surface area contributed by atoms with Crippen LogP contribution in [0.4, 0.5) is 11.8 Å². The lowest BCUT2D eigenvalue weighted by atomic mass is 9.91. The second-order valence-electron chi connectivity index (χ2n) is 9.89. The van der Waals surface area contributed by atoms with Crippen LogP contribution in [0.5, 0.6) is 5.88 Å². The zero-order valence-corrected chi connectivity index (χ0v) is 24.3. The van der Waals surface area contributed by atoms with Gasteiger partial charge in [-0.15, -0.1) is 0 Å². The predicted octanol–water partition coefficient (Wildman–Crippen LogP) is 5.66. The molecule has 1 aliphatic carbocycles. The fraction of sp³-hybridized carbons (Fsp3) is 0.345. The molecule has 1 aliphatic rings. The molecule has 0 bridgehead atoms. The number of methoxy groups -OCH3 is 1. The Balaban J connectivity index is 1.42. The van der Waals surface area contributed by atoms with E-state index in [9.17, 15) is 8.42 Å². The minimum atomic E-state index is -3.93. The van der Waals surface area contributed by atoms with Crippen molar-refractivity contribution < 1.29 is 13.2 Å². The van der Waals surface area contributed by atoms with E-state index in [2.05, 4.69) is 38.3 Å². The van der Waals surface area contributed by atoms with Crippen molar-refractivity contribution in [2.24, 2.45) is 0 Å². The van der Waals surface area contributed by atoms with Crippen molar-refractivity contribution >= 4 is 44.3 Å². The lowest BCUT2D eigenvalue weighted by Gasteiger charge is -2.28. The van der Waals surface area contributed by atoms with Gasteiger partial charge in [-0.1, -0.05) is 30.7 Å². The molecule has 2 aromatic heterocycles. The van der Waals surface area contributed by atoms with Crippen molar-refractivity contribution in [2.45, 2.75) is 56.0 Å². The molecule has 40 heavy (non-hydrogen) atoms. The van der Waals surface area contributed by atoms with E-state index in [4.69, 9.17) is 21.3 Å². The van der Waals surface area contributed by atoms with Gasteiger partial charge in [0.2, 0.25) is 11.8 Å². The molecule has 4 aromatic rings. The van der Waals surface area contributed by atoms with Crippen LogP contribution in [-0.4, -0.2) is 49.6 Å². The maximum Gasteiger partial charge on any atom is 0.264 e. The van der Waals surface area contributed by atoms with E-state index in [1.54, 1.807) is 24.3 Å². The van der Waals surface area contributed by atoms with E-state index in [-0.39, 0.29) is 21.6 Å². The monoisotopic (exact) mass is 580 g/mol. The molecule has 210 valence electrons. The van der Waals surface area contributed by atoms with Crippen molar-refractivity contribution in [3.05, 3.63) is 65.3 Å². The smallest absolute Gasteiger partial charge is 0.264 e. The van der Waals surface area contributed by atoms with Gasteiger partial charge in [0.25, 0.3) is 10.0 Å². The number of anilines is 2. The Kier molecular flexibility index (Phi) is 8.39. The summed E-state index contributed by atoms with van der Waals surface area (Å²) in [5.74, 6) is 1.06. The highest BCUT2D eigenvalue weighted by atomic mass is 35.5. The number of halogens is 1. The fourth-order valence-electron chi connectivity index (χ4n) is 5.15. The Hall–Kier alpha value is -3.47. The van der Waals surface area contributed by atoms with Crippen molar-refractivity contribution in [2.75, 3.05) is 24.2 Å². The van der Waals surface area contributed by atoms with Crippen LogP contribution in [-0.2, 0) is 16.4 Å². The van der Waals surface area contributed by atoms with Crippen molar-refractivity contribution in [3.8, 4) is 17.0 Å². The summed E-state index contributed by atoms with van der Waals surface area (Å²) >= 11 is 6.10. The van der Waals surface area contributed by atoms with Gasteiger partial charge in [-0.2, -0.15) is 4.98 Å². The zero-order valence-electron chi connectivity index (χ0n) is 22.7. The SMILES string of the molecule is CCc1cc(-c2ccc(NS(=O)(=O)c3ccccc3Cl)nc2OC)cc2cnc(NC3CCC(NC)CC3)nc12. The van der Waals surface area contributed by atoms with Gasteiger partial charge < -0.3 is 15.4 Å². The quantitative estimate of drug-likeness (QED) is 0.232. The Bertz CT molecular complexity index is 1620. The van der Waals surface area contributed by atoms with Crippen LogP contribution in [0.15, 0.2) is 59.6 Å². The molecule has 0 atom stereocenters. The number of hydrogen-bond donors (Lipinski definition) is 3. The van der Waals surface area contributed by atoms with Crippen molar-refractivity contribution in [1.29, 1.82) is 0 Å². The lowest BCUT2D eigenvalue weighted by Crippen LogP contribution is -2.35. The van der Waals surface area contributed by atoms with Crippen LogP contribution in [0.25, 0.3) is 22.0 Å². The maximum absolute atomic E-state index is 12.9. The zero-order chi connectivity index (χ0) is 28.3. The van der Waals surface area contributed by atoms with Crippen molar-refractivity contribution in [3.63, 3.8) is 0 Å². The molecule has 0 saturated heterocycles. The molecule has 1 fully saturated rings. The second kappa shape index (κ2) is 12.0. The molecular weight excluding hydrogens is 548 g/mol. The number of nitrogens with zero attached hydrogens (tertiary/aromatic N) is 3. The average molecular weight is 581 g/mol. The number of ether oxygens (including phenoxy) is 1. The Morgan fingerprint density at radius 1 is 1.02 bits per heavy atom. The summed E-state index contributed by atoms with van der Waals surface area (Å²) in [4.78, 5) is 13.9. The number of sulfonamides is 1. The Morgan fingerprint density at radius 3 is 2.48 bits per heavy atom. The molecule has 1 saturated carbocycles. The van der Waals surface area contributed by atoms with Gasteiger partial charge in [0.15, 0.2) is 0 Å². The highest BCUT2D eigenvalue weighted by molar-refractivity contribution is 7.92. The van der Waals surface area contributed by atoms with Crippen LogP contribution < -0.4 is 20.1 Å². The summed E-state index contributed by atoms with van der Waals surface area (Å²) in [7, 11) is -0.403. The van der Waals surface area contributed by atoms with Crippen LogP contribution >= 0.6 is 11.6 Å². The van der Waals surface area contributed by atoms with Crippen LogP contribution in [0.3, 0.4) is 0 Å². The third kappa shape index (κ3) is 5.99. The molecule has 5 rings (SSSR count). The van der Waals surface area contributed by atoms with Gasteiger partial charge in [-0.3, -0.25) is 4.72 Å². The topological polar surface area (TPSA) is 118 Å². The normalized spacial score (nSPS) is 17.5. The molecular formula is C29H33ClN6O3S. The number of benzene rings is 2. The second-order valence-corrected chi connectivity index (χ2v) is 11.9. The predicted molar refractivity (Wildman–Crippen MR) is 160 cm³/mol. The molecule has 2 heterocycles. The van der Waals surface area contributed by atoms with Crippen LogP contribution in [0.1, 0.15) is 38.2 Å². The van der Waals surface area contributed by atoms with E-state index in [1.807, 2.05) is 19.3 Å². The Labute approximate surface area is 239 Å². The summed E-state index contributed by atoms with van der Waals surface area (Å²) < 4.78 is 33.8. The minimum Gasteiger partial charge on any atom is -0.480 e. The first-order chi connectivity index (χ1) is 19.3. The molecule has 0 unspecified atom stereocenters. The minimum absolute atomic E-state index is 0.0249. The Morgan fingerprint density at radius 2 is 1.77 bits per heavy atom. The number of aryl methyl sites for hydroxylation is 1. The standard InChI is InChI=1S/C29H33ClN6O3S/c1-4-18-15-19(16-20-17-32-29(35-27(18)20)33-22-11-9-21(31-2)10-12-22)23-13-14-26(34-28(23)39-3)36-40(37,38)25-8-6-5-7-24(25)30/h5-8,13-17,21-22,31H,4,9-12H2,1-3H3,(H,34,36)(H,32,33,35). The van der Waals surface area contributed by atoms with Gasteiger partial charge in [0.1, 0.15) is 10.7 Å². The summed E-state index contributed by atoms with van der Waals surface area (Å²) in [6, 6.07) is 14.7. The maximum atomic E-state index is 12.9.